The summed E-state index contributed by atoms with van der Waals surface area (Å²) in [6.45, 7) is 2.33. The van der Waals surface area contributed by atoms with Gasteiger partial charge in [-0.1, -0.05) is 32.6 Å². The smallest absolute Gasteiger partial charge is 0.0733 e. The van der Waals surface area contributed by atoms with Crippen LogP contribution in [0.2, 0.25) is 0 Å². The van der Waals surface area contributed by atoms with Gasteiger partial charge in [-0.15, -0.1) is 0 Å². The van der Waals surface area contributed by atoms with Crippen LogP contribution in [0.3, 0.4) is 0 Å². The van der Waals surface area contributed by atoms with Crippen molar-refractivity contribution >= 4 is 0 Å². The van der Waals surface area contributed by atoms with Crippen molar-refractivity contribution in [2.75, 3.05) is 0 Å². The van der Waals surface area contributed by atoms with Crippen LogP contribution in [0.25, 0.3) is 0 Å². The Kier molecular flexibility index (Phi) is 4.25. The second-order valence-corrected chi connectivity index (χ2v) is 6.74. The van der Waals surface area contributed by atoms with E-state index in [1.165, 1.54) is 64.2 Å². The lowest BCUT2D eigenvalue weighted by Crippen LogP contribution is -2.43. The monoisotopic (exact) mass is 251 g/mol. The van der Waals surface area contributed by atoms with E-state index in [1.807, 2.05) is 0 Å². The highest BCUT2D eigenvalue weighted by molar-refractivity contribution is 4.95. The highest BCUT2D eigenvalue weighted by Crippen LogP contribution is 2.35. The lowest BCUT2D eigenvalue weighted by Gasteiger charge is -2.26. The van der Waals surface area contributed by atoms with Crippen LogP contribution in [-0.2, 0) is 4.74 Å². The molecule has 1 aliphatic carbocycles. The van der Waals surface area contributed by atoms with E-state index in [0.717, 1.165) is 12.0 Å². The number of hydrogen-bond acceptors (Lipinski definition) is 2. The molecule has 2 nitrogen and oxygen atoms in total. The number of fused-ring (bicyclic) bond motifs is 2. The fourth-order valence-electron chi connectivity index (χ4n) is 4.36. The molecule has 0 aromatic heterocycles. The molecule has 2 bridgehead atoms. The van der Waals surface area contributed by atoms with Crippen LogP contribution >= 0.6 is 0 Å². The Hall–Kier alpha value is -0.0800. The van der Waals surface area contributed by atoms with E-state index in [9.17, 15) is 0 Å². The van der Waals surface area contributed by atoms with E-state index in [2.05, 4.69) is 12.2 Å². The van der Waals surface area contributed by atoms with Gasteiger partial charge in [0.25, 0.3) is 0 Å². The maximum atomic E-state index is 5.95. The molecule has 18 heavy (non-hydrogen) atoms. The largest absolute Gasteiger partial charge is 0.373 e. The fourth-order valence-corrected chi connectivity index (χ4v) is 4.36. The molecule has 0 aromatic rings. The Morgan fingerprint density at radius 3 is 2.72 bits per heavy atom. The third-order valence-electron chi connectivity index (χ3n) is 5.34. The van der Waals surface area contributed by atoms with Crippen LogP contribution in [-0.4, -0.2) is 24.3 Å². The van der Waals surface area contributed by atoms with Crippen LogP contribution < -0.4 is 5.32 Å². The van der Waals surface area contributed by atoms with Crippen molar-refractivity contribution in [3.05, 3.63) is 0 Å². The first-order valence-corrected chi connectivity index (χ1v) is 8.26. The summed E-state index contributed by atoms with van der Waals surface area (Å²) in [7, 11) is 0. The van der Waals surface area contributed by atoms with E-state index in [4.69, 9.17) is 4.74 Å². The van der Waals surface area contributed by atoms with Crippen molar-refractivity contribution < 1.29 is 4.74 Å². The van der Waals surface area contributed by atoms with Crippen LogP contribution in [0.4, 0.5) is 0 Å². The molecule has 1 N–H and O–H groups in total. The third kappa shape index (κ3) is 2.91. The zero-order valence-corrected chi connectivity index (χ0v) is 11.9. The molecule has 0 amide bonds. The van der Waals surface area contributed by atoms with Gasteiger partial charge in [0.15, 0.2) is 0 Å². The van der Waals surface area contributed by atoms with Crippen LogP contribution in [0.15, 0.2) is 0 Å². The molecule has 3 fully saturated rings. The molecule has 5 unspecified atom stereocenters. The zero-order chi connectivity index (χ0) is 12.4. The molecule has 3 rings (SSSR count). The molecule has 1 saturated carbocycles. The van der Waals surface area contributed by atoms with Crippen LogP contribution in [0, 0.1) is 5.92 Å². The Labute approximate surface area is 112 Å². The van der Waals surface area contributed by atoms with Gasteiger partial charge in [0.05, 0.1) is 12.2 Å². The fraction of sp³-hybridized carbons (Fsp3) is 1.00. The van der Waals surface area contributed by atoms with Gasteiger partial charge in [0.1, 0.15) is 0 Å². The minimum atomic E-state index is 0.546. The van der Waals surface area contributed by atoms with Crippen molar-refractivity contribution in [1.82, 2.24) is 5.32 Å². The lowest BCUT2D eigenvalue weighted by molar-refractivity contribution is 0.0956. The van der Waals surface area contributed by atoms with Crippen molar-refractivity contribution in [3.8, 4) is 0 Å². The van der Waals surface area contributed by atoms with E-state index >= 15 is 0 Å². The molecule has 3 aliphatic rings. The quantitative estimate of drug-likeness (QED) is 0.770. The van der Waals surface area contributed by atoms with Gasteiger partial charge in [-0.25, -0.2) is 0 Å². The van der Waals surface area contributed by atoms with Crippen molar-refractivity contribution in [2.24, 2.45) is 5.92 Å². The maximum absolute atomic E-state index is 5.95. The van der Waals surface area contributed by atoms with Gasteiger partial charge < -0.3 is 10.1 Å². The molecule has 5 atom stereocenters. The van der Waals surface area contributed by atoms with E-state index in [1.54, 1.807) is 0 Å². The summed E-state index contributed by atoms with van der Waals surface area (Å²) < 4.78 is 5.95. The van der Waals surface area contributed by atoms with E-state index in [-0.39, 0.29) is 0 Å². The highest BCUT2D eigenvalue weighted by atomic mass is 16.5. The number of nitrogens with one attached hydrogen (secondary N) is 1. The number of rotatable bonds is 4. The maximum Gasteiger partial charge on any atom is 0.0733 e. The molecular formula is C16H29NO. The molecule has 0 radical (unpaired) electrons. The third-order valence-corrected chi connectivity index (χ3v) is 5.34. The predicted octanol–water partition coefficient (Wildman–Crippen LogP) is 3.64. The van der Waals surface area contributed by atoms with Gasteiger partial charge in [-0.3, -0.25) is 0 Å². The van der Waals surface area contributed by atoms with E-state index < -0.39 is 0 Å². The first kappa shape index (κ1) is 12.9. The van der Waals surface area contributed by atoms with Gasteiger partial charge in [-0.05, 0) is 44.4 Å². The molecule has 104 valence electrons. The zero-order valence-electron chi connectivity index (χ0n) is 11.9. The average Bonchev–Trinajstić information content (AvgIpc) is 2.91. The summed E-state index contributed by atoms with van der Waals surface area (Å²) in [4.78, 5) is 0. The topological polar surface area (TPSA) is 21.3 Å². The summed E-state index contributed by atoms with van der Waals surface area (Å²) in [6, 6.07) is 1.45. The normalized spacial score (nSPS) is 44.2. The Morgan fingerprint density at radius 1 is 1.06 bits per heavy atom. The van der Waals surface area contributed by atoms with Gasteiger partial charge in [0.2, 0.25) is 0 Å². The summed E-state index contributed by atoms with van der Waals surface area (Å²) in [5.74, 6) is 1.01. The number of ether oxygens (including phenoxy) is 1. The molecule has 2 saturated heterocycles. The minimum Gasteiger partial charge on any atom is -0.373 e. The minimum absolute atomic E-state index is 0.546. The van der Waals surface area contributed by atoms with Crippen LogP contribution in [0.5, 0.6) is 0 Å². The standard InChI is InChI=1S/C16H29NO/c1-2-4-12-5-3-6-13(8-7-12)17-15-11-14-9-10-16(15)18-14/h12-17H,2-11H2,1H3. The summed E-state index contributed by atoms with van der Waals surface area (Å²) in [5, 5.41) is 3.93. The summed E-state index contributed by atoms with van der Waals surface area (Å²) in [5.41, 5.74) is 0. The summed E-state index contributed by atoms with van der Waals surface area (Å²) in [6.07, 6.45) is 15.0. The average molecular weight is 251 g/mol. The SMILES string of the molecule is CCCC1CCCC(NC2CC3CCC2O3)CC1. The highest BCUT2D eigenvalue weighted by Gasteiger charge is 2.41. The first-order chi connectivity index (χ1) is 8.85. The predicted molar refractivity (Wildman–Crippen MR) is 74.7 cm³/mol. The van der Waals surface area contributed by atoms with Crippen LogP contribution in [0.1, 0.15) is 71.1 Å². The number of hydrogen-bond donors (Lipinski definition) is 1. The molecule has 2 heterocycles. The molecular weight excluding hydrogens is 222 g/mol. The molecule has 2 aliphatic heterocycles. The molecule has 2 heteroatoms. The van der Waals surface area contributed by atoms with Gasteiger partial charge in [-0.2, -0.15) is 0 Å². The Bertz CT molecular complexity index is 268. The van der Waals surface area contributed by atoms with Gasteiger partial charge >= 0.3 is 0 Å². The van der Waals surface area contributed by atoms with Crippen molar-refractivity contribution in [1.29, 1.82) is 0 Å². The molecule has 0 spiro atoms. The second kappa shape index (κ2) is 5.92. The van der Waals surface area contributed by atoms with Crippen molar-refractivity contribution in [3.63, 3.8) is 0 Å². The Morgan fingerprint density at radius 2 is 2.00 bits per heavy atom. The van der Waals surface area contributed by atoms with E-state index in [0.29, 0.717) is 18.2 Å². The summed E-state index contributed by atoms with van der Waals surface area (Å²) >= 11 is 0. The molecule has 0 aromatic carbocycles. The lowest BCUT2D eigenvalue weighted by atomic mass is 9.93. The Balaban J connectivity index is 1.45. The first-order valence-electron chi connectivity index (χ1n) is 8.26. The van der Waals surface area contributed by atoms with Crippen molar-refractivity contribution in [2.45, 2.75) is 95.4 Å². The second-order valence-electron chi connectivity index (χ2n) is 6.74. The van der Waals surface area contributed by atoms with Gasteiger partial charge in [0, 0.05) is 12.1 Å².